The largest absolute Gasteiger partial charge is 0.308 e. The van der Waals surface area contributed by atoms with Crippen molar-refractivity contribution in [3.05, 3.63) is 58.7 Å². The molecule has 0 atom stereocenters. The highest BCUT2D eigenvalue weighted by molar-refractivity contribution is 7.22. The Bertz CT molecular complexity index is 1000. The third kappa shape index (κ3) is 4.14. The molecule has 0 unspecified atom stereocenters. The van der Waals surface area contributed by atoms with Crippen molar-refractivity contribution in [2.24, 2.45) is 0 Å². The van der Waals surface area contributed by atoms with Crippen LogP contribution >= 0.6 is 11.3 Å². The molecule has 3 rings (SSSR count). The molecule has 0 aliphatic carbocycles. The highest BCUT2D eigenvalue weighted by atomic mass is 32.1. The first kappa shape index (κ1) is 19.4. The van der Waals surface area contributed by atoms with Gasteiger partial charge in [-0.15, -0.1) is 0 Å². The predicted molar refractivity (Wildman–Crippen MR) is 106 cm³/mol. The van der Waals surface area contributed by atoms with Crippen molar-refractivity contribution in [1.29, 1.82) is 0 Å². The van der Waals surface area contributed by atoms with E-state index in [1.807, 2.05) is 45.0 Å². The van der Waals surface area contributed by atoms with Gasteiger partial charge in [0.05, 0.1) is 10.2 Å². The predicted octanol–water partition coefficient (Wildman–Crippen LogP) is 4.40. The van der Waals surface area contributed by atoms with Crippen LogP contribution in [0, 0.1) is 25.5 Å². The Morgan fingerprint density at radius 3 is 2.48 bits per heavy atom. The van der Waals surface area contributed by atoms with Crippen molar-refractivity contribution < 1.29 is 13.6 Å². The molecule has 0 radical (unpaired) electrons. The number of nitrogens with zero attached hydrogens (tertiary/aromatic N) is 3. The number of hydrogen-bond acceptors (Lipinski definition) is 4. The quantitative estimate of drug-likeness (QED) is 0.649. The zero-order chi connectivity index (χ0) is 19.7. The fourth-order valence-electron chi connectivity index (χ4n) is 2.84. The number of halogens is 2. The highest BCUT2D eigenvalue weighted by Gasteiger charge is 2.23. The van der Waals surface area contributed by atoms with E-state index in [1.54, 1.807) is 0 Å². The molecule has 0 N–H and O–H groups in total. The van der Waals surface area contributed by atoms with Crippen molar-refractivity contribution >= 4 is 32.6 Å². The fourth-order valence-corrected chi connectivity index (χ4v) is 4.01. The number of anilines is 1. The molecule has 4 nitrogen and oxygen atoms in total. The molecule has 2 aromatic carbocycles. The van der Waals surface area contributed by atoms with Gasteiger partial charge in [-0.05, 0) is 63.3 Å². The summed E-state index contributed by atoms with van der Waals surface area (Å²) < 4.78 is 27.9. The zero-order valence-corrected chi connectivity index (χ0v) is 16.5. The van der Waals surface area contributed by atoms with Gasteiger partial charge in [-0.2, -0.15) is 0 Å². The van der Waals surface area contributed by atoms with E-state index >= 15 is 0 Å². The van der Waals surface area contributed by atoms with Gasteiger partial charge in [-0.25, -0.2) is 13.8 Å². The summed E-state index contributed by atoms with van der Waals surface area (Å²) in [4.78, 5) is 21.2. The van der Waals surface area contributed by atoms with Gasteiger partial charge in [0.15, 0.2) is 16.8 Å². The number of thiazole rings is 1. The Morgan fingerprint density at radius 2 is 1.81 bits per heavy atom. The van der Waals surface area contributed by atoms with Gasteiger partial charge in [-0.3, -0.25) is 9.69 Å². The van der Waals surface area contributed by atoms with Crippen LogP contribution in [0.4, 0.5) is 13.9 Å². The van der Waals surface area contributed by atoms with E-state index in [1.165, 1.54) is 22.3 Å². The van der Waals surface area contributed by atoms with E-state index < -0.39 is 17.5 Å². The first-order valence-corrected chi connectivity index (χ1v) is 9.37. The van der Waals surface area contributed by atoms with E-state index in [0.717, 1.165) is 33.5 Å². The molecule has 0 aliphatic heterocycles. The Morgan fingerprint density at radius 1 is 1.07 bits per heavy atom. The summed E-state index contributed by atoms with van der Waals surface area (Å²) in [5.41, 5.74) is 3.12. The van der Waals surface area contributed by atoms with E-state index in [0.29, 0.717) is 18.2 Å². The number of benzene rings is 2. The highest BCUT2D eigenvalue weighted by Crippen LogP contribution is 2.32. The lowest BCUT2D eigenvalue weighted by atomic mass is 10.1. The molecule has 27 heavy (non-hydrogen) atoms. The first-order valence-electron chi connectivity index (χ1n) is 8.55. The molecule has 7 heteroatoms. The van der Waals surface area contributed by atoms with Crippen molar-refractivity contribution in [3.63, 3.8) is 0 Å². The summed E-state index contributed by atoms with van der Waals surface area (Å²) in [6, 6.07) is 7.29. The van der Waals surface area contributed by atoms with Crippen molar-refractivity contribution in [1.82, 2.24) is 9.88 Å². The van der Waals surface area contributed by atoms with Crippen LogP contribution in [0.2, 0.25) is 0 Å². The van der Waals surface area contributed by atoms with Crippen molar-refractivity contribution in [3.8, 4) is 0 Å². The number of aryl methyl sites for hydroxylation is 2. The standard InChI is InChI=1S/C20H21F2N3OS/c1-12-9-13(2)18-17(10-12)27-20(23-18)25(8-7-24(3)4)19(26)14-5-6-15(21)16(22)11-14/h5-6,9-11H,7-8H2,1-4H3. The Balaban J connectivity index is 2.03. The minimum absolute atomic E-state index is 0.0971. The van der Waals surface area contributed by atoms with Crippen molar-refractivity contribution in [2.45, 2.75) is 13.8 Å². The smallest absolute Gasteiger partial charge is 0.260 e. The summed E-state index contributed by atoms with van der Waals surface area (Å²) in [6.45, 7) is 5.01. The van der Waals surface area contributed by atoms with E-state index in [9.17, 15) is 13.6 Å². The molecule has 0 spiro atoms. The first-order chi connectivity index (χ1) is 12.8. The zero-order valence-electron chi connectivity index (χ0n) is 15.7. The van der Waals surface area contributed by atoms with E-state index in [4.69, 9.17) is 0 Å². The number of hydrogen-bond donors (Lipinski definition) is 0. The van der Waals surface area contributed by atoms with Gasteiger partial charge in [0.2, 0.25) is 0 Å². The van der Waals surface area contributed by atoms with Crippen molar-refractivity contribution in [2.75, 3.05) is 32.1 Å². The monoisotopic (exact) mass is 389 g/mol. The molecule has 0 aliphatic rings. The molecule has 0 fully saturated rings. The maximum Gasteiger partial charge on any atom is 0.260 e. The lowest BCUT2D eigenvalue weighted by Crippen LogP contribution is -2.36. The number of likely N-dealkylation sites (N-methyl/N-ethyl adjacent to an activating group) is 1. The normalized spacial score (nSPS) is 11.4. The molecule has 142 valence electrons. The lowest BCUT2D eigenvalue weighted by molar-refractivity contribution is 0.0984. The van der Waals surface area contributed by atoms with Gasteiger partial charge >= 0.3 is 0 Å². The molecular formula is C20H21F2N3OS. The molecule has 3 aromatic rings. The third-order valence-corrected chi connectivity index (χ3v) is 5.26. The fraction of sp³-hybridized carbons (Fsp3) is 0.300. The summed E-state index contributed by atoms with van der Waals surface area (Å²) in [5.74, 6) is -2.41. The number of fused-ring (bicyclic) bond motifs is 1. The maximum atomic E-state index is 13.6. The topological polar surface area (TPSA) is 36.4 Å². The average molecular weight is 389 g/mol. The van der Waals surface area contributed by atoms with Crippen LogP contribution in [-0.4, -0.2) is 43.0 Å². The van der Waals surface area contributed by atoms with Gasteiger partial charge in [-0.1, -0.05) is 17.4 Å². The van der Waals surface area contributed by atoms with Crippen LogP contribution in [0.5, 0.6) is 0 Å². The second kappa shape index (κ2) is 7.70. The van der Waals surface area contributed by atoms with E-state index in [-0.39, 0.29) is 5.56 Å². The van der Waals surface area contributed by atoms with Crippen LogP contribution in [0.3, 0.4) is 0 Å². The summed E-state index contributed by atoms with van der Waals surface area (Å²) >= 11 is 1.42. The Kier molecular flexibility index (Phi) is 5.53. The van der Waals surface area contributed by atoms with Gasteiger partial charge in [0, 0.05) is 18.7 Å². The molecule has 0 saturated carbocycles. The summed E-state index contributed by atoms with van der Waals surface area (Å²) in [6.07, 6.45) is 0. The van der Waals surface area contributed by atoms with Crippen LogP contribution < -0.4 is 4.90 Å². The van der Waals surface area contributed by atoms with Crippen LogP contribution in [-0.2, 0) is 0 Å². The number of aromatic nitrogens is 1. The number of carbonyl (C=O) groups excluding carboxylic acids is 1. The minimum Gasteiger partial charge on any atom is -0.308 e. The molecule has 0 bridgehead atoms. The average Bonchev–Trinajstić information content (AvgIpc) is 3.01. The van der Waals surface area contributed by atoms with Crippen LogP contribution in [0.25, 0.3) is 10.2 Å². The lowest BCUT2D eigenvalue weighted by Gasteiger charge is -2.22. The third-order valence-electron chi connectivity index (χ3n) is 4.23. The van der Waals surface area contributed by atoms with Gasteiger partial charge in [0.1, 0.15) is 0 Å². The number of rotatable bonds is 5. The molecule has 1 aromatic heterocycles. The Labute approximate surface area is 161 Å². The molecule has 1 heterocycles. The number of carbonyl (C=O) groups is 1. The Hall–Kier alpha value is -2.38. The van der Waals surface area contributed by atoms with Gasteiger partial charge in [0.25, 0.3) is 5.91 Å². The SMILES string of the molecule is Cc1cc(C)c2nc(N(CCN(C)C)C(=O)c3ccc(F)c(F)c3)sc2c1. The number of amides is 1. The maximum absolute atomic E-state index is 13.6. The minimum atomic E-state index is -1.04. The summed E-state index contributed by atoms with van der Waals surface area (Å²) in [7, 11) is 3.82. The van der Waals surface area contributed by atoms with Crippen LogP contribution in [0.1, 0.15) is 21.5 Å². The van der Waals surface area contributed by atoms with Crippen LogP contribution in [0.15, 0.2) is 30.3 Å². The van der Waals surface area contributed by atoms with Gasteiger partial charge < -0.3 is 4.90 Å². The molecular weight excluding hydrogens is 368 g/mol. The summed E-state index contributed by atoms with van der Waals surface area (Å²) in [5, 5.41) is 0.551. The van der Waals surface area contributed by atoms with E-state index in [2.05, 4.69) is 4.98 Å². The molecule has 1 amide bonds. The second-order valence-corrected chi connectivity index (χ2v) is 7.82. The second-order valence-electron chi connectivity index (χ2n) is 6.81. The molecule has 0 saturated heterocycles.